The normalized spacial score (nSPS) is 17.6. The molecule has 4 heterocycles. The smallest absolute Gasteiger partial charge is 0.256 e. The summed E-state index contributed by atoms with van der Waals surface area (Å²) >= 11 is 0. The SMILES string of the molecule is COc1ccc(C2=C[C@H]3C=Nc4cc(OCc5cccc(COc6cc7c(cc6OC)C(=O)N6CCC(c8ccc(OC)cc8)=C[C@H]6C=N7)c5)c(OC)cc4C(=O)N3CC2)cc1. The molecule has 5 aromatic carbocycles. The summed E-state index contributed by atoms with van der Waals surface area (Å²) < 4.78 is 34.7. The van der Waals surface area contributed by atoms with Gasteiger partial charge in [0.25, 0.3) is 11.8 Å². The first-order chi connectivity index (χ1) is 30.3. The molecular formula is C50H46N4O8. The Labute approximate surface area is 360 Å². The third-order valence-electron chi connectivity index (χ3n) is 11.7. The van der Waals surface area contributed by atoms with Crippen molar-refractivity contribution in [3.63, 3.8) is 0 Å². The zero-order valence-electron chi connectivity index (χ0n) is 35.0. The Morgan fingerprint density at radius 3 is 1.37 bits per heavy atom. The van der Waals surface area contributed by atoms with Crippen molar-refractivity contribution in [1.82, 2.24) is 9.80 Å². The van der Waals surface area contributed by atoms with Crippen molar-refractivity contribution < 1.29 is 38.0 Å². The number of amides is 2. The van der Waals surface area contributed by atoms with Gasteiger partial charge in [-0.3, -0.25) is 19.6 Å². The molecule has 0 saturated carbocycles. The fourth-order valence-electron chi connectivity index (χ4n) is 8.30. The molecule has 314 valence electrons. The summed E-state index contributed by atoms with van der Waals surface area (Å²) in [5, 5.41) is 0. The minimum absolute atomic E-state index is 0.109. The van der Waals surface area contributed by atoms with E-state index in [-0.39, 0.29) is 37.1 Å². The summed E-state index contributed by atoms with van der Waals surface area (Å²) in [6.07, 6.45) is 9.28. The highest BCUT2D eigenvalue weighted by atomic mass is 16.5. The fraction of sp³-hybridized carbons (Fsp3) is 0.240. The summed E-state index contributed by atoms with van der Waals surface area (Å²) in [7, 11) is 6.42. The van der Waals surface area contributed by atoms with Crippen molar-refractivity contribution in [1.29, 1.82) is 0 Å². The highest BCUT2D eigenvalue weighted by Gasteiger charge is 2.33. The van der Waals surface area contributed by atoms with Gasteiger partial charge in [-0.05, 0) is 88.7 Å². The predicted octanol–water partition coefficient (Wildman–Crippen LogP) is 8.91. The third kappa shape index (κ3) is 7.99. The summed E-state index contributed by atoms with van der Waals surface area (Å²) in [5.41, 5.74) is 8.27. The van der Waals surface area contributed by atoms with Crippen LogP contribution in [0.25, 0.3) is 11.1 Å². The molecule has 0 spiro atoms. The molecule has 62 heavy (non-hydrogen) atoms. The molecule has 4 aliphatic heterocycles. The number of carbonyl (C=O) groups is 2. The summed E-state index contributed by atoms with van der Waals surface area (Å²) in [5.74, 6) is 3.21. The quantitative estimate of drug-likeness (QED) is 0.122. The lowest BCUT2D eigenvalue weighted by atomic mass is 9.95. The molecule has 0 fully saturated rings. The monoisotopic (exact) mass is 830 g/mol. The van der Waals surface area contributed by atoms with Crippen LogP contribution >= 0.6 is 0 Å². The maximum atomic E-state index is 13.9. The number of rotatable bonds is 12. The second-order valence-corrected chi connectivity index (χ2v) is 15.3. The van der Waals surface area contributed by atoms with Crippen LogP contribution in [0.15, 0.2) is 119 Å². The molecule has 2 amide bonds. The van der Waals surface area contributed by atoms with Crippen molar-refractivity contribution in [3.8, 4) is 34.5 Å². The van der Waals surface area contributed by atoms with Gasteiger partial charge in [-0.25, -0.2) is 0 Å². The molecule has 0 saturated heterocycles. The topological polar surface area (TPSA) is 121 Å². The number of fused-ring (bicyclic) bond motifs is 4. The summed E-state index contributed by atoms with van der Waals surface area (Å²) in [4.78, 5) is 41.0. The number of benzene rings is 5. The average molecular weight is 831 g/mol. The Kier molecular flexibility index (Phi) is 11.2. The van der Waals surface area contributed by atoms with Crippen LogP contribution in [-0.4, -0.2) is 87.7 Å². The van der Waals surface area contributed by atoms with E-state index in [0.29, 0.717) is 58.6 Å². The Bertz CT molecular complexity index is 2470. The van der Waals surface area contributed by atoms with E-state index in [2.05, 4.69) is 12.2 Å². The van der Waals surface area contributed by atoms with Crippen LogP contribution in [-0.2, 0) is 13.2 Å². The summed E-state index contributed by atoms with van der Waals surface area (Å²) in [6.45, 7) is 1.58. The number of nitrogens with zero attached hydrogens (tertiary/aromatic N) is 4. The molecular weight excluding hydrogens is 785 g/mol. The first kappa shape index (κ1) is 40.1. The average Bonchev–Trinajstić information content (AvgIpc) is 3.55. The second kappa shape index (κ2) is 17.3. The molecule has 2 atom stereocenters. The van der Waals surface area contributed by atoms with E-state index < -0.39 is 0 Å². The molecule has 0 N–H and O–H groups in total. The van der Waals surface area contributed by atoms with Gasteiger partial charge in [0.15, 0.2) is 23.0 Å². The molecule has 0 aromatic heterocycles. The van der Waals surface area contributed by atoms with Gasteiger partial charge in [0, 0.05) is 37.7 Å². The molecule has 0 radical (unpaired) electrons. The molecule has 0 unspecified atom stereocenters. The number of ether oxygens (including phenoxy) is 6. The van der Waals surface area contributed by atoms with Gasteiger partial charge in [0.1, 0.15) is 24.7 Å². The van der Waals surface area contributed by atoms with Crippen LogP contribution in [0.4, 0.5) is 11.4 Å². The largest absolute Gasteiger partial charge is 0.497 e. The van der Waals surface area contributed by atoms with Crippen LogP contribution < -0.4 is 28.4 Å². The lowest BCUT2D eigenvalue weighted by Crippen LogP contribution is -2.42. The Morgan fingerprint density at radius 1 is 0.532 bits per heavy atom. The van der Waals surface area contributed by atoms with E-state index in [4.69, 9.17) is 38.4 Å². The fourth-order valence-corrected chi connectivity index (χ4v) is 8.30. The Balaban J connectivity index is 0.881. The van der Waals surface area contributed by atoms with Crippen molar-refractivity contribution in [2.24, 2.45) is 9.98 Å². The maximum Gasteiger partial charge on any atom is 0.256 e. The highest BCUT2D eigenvalue weighted by Crippen LogP contribution is 2.41. The number of hydrogen-bond acceptors (Lipinski definition) is 10. The third-order valence-corrected chi connectivity index (χ3v) is 11.7. The van der Waals surface area contributed by atoms with Crippen LogP contribution in [0.1, 0.15) is 55.8 Å². The van der Waals surface area contributed by atoms with Crippen LogP contribution in [0, 0.1) is 0 Å². The van der Waals surface area contributed by atoms with Gasteiger partial charge in [0.2, 0.25) is 0 Å². The van der Waals surface area contributed by atoms with Crippen LogP contribution in [0.5, 0.6) is 34.5 Å². The zero-order valence-corrected chi connectivity index (χ0v) is 35.0. The van der Waals surface area contributed by atoms with Gasteiger partial charge < -0.3 is 38.2 Å². The number of hydrogen-bond donors (Lipinski definition) is 0. The van der Waals surface area contributed by atoms with E-state index in [0.717, 1.165) is 57.7 Å². The summed E-state index contributed by atoms with van der Waals surface area (Å²) in [6, 6.07) is 30.2. The van der Waals surface area contributed by atoms with Gasteiger partial charge >= 0.3 is 0 Å². The zero-order chi connectivity index (χ0) is 42.7. The van der Waals surface area contributed by atoms with Crippen molar-refractivity contribution >= 4 is 46.8 Å². The minimum atomic E-state index is -0.290. The van der Waals surface area contributed by atoms with Crippen molar-refractivity contribution in [2.75, 3.05) is 41.5 Å². The Hall–Kier alpha value is -7.34. The van der Waals surface area contributed by atoms with E-state index in [1.54, 1.807) is 52.7 Å². The minimum Gasteiger partial charge on any atom is -0.497 e. The standard InChI is InChI=1S/C50H46N4O8/c1-57-39-12-8-33(9-13-39)35-16-18-53-37(21-35)27-51-43-25-47(45(59-3)23-41(43)49(53)55)61-29-31-6-5-7-32(20-31)30-62-48-26-44-42(24-46(48)60-4)50(56)54-19-17-36(22-38(54)28-52-44)34-10-14-40(58-2)15-11-34/h5-15,20-28,37-38H,16-19,29-30H2,1-4H3/t37-,38-/m0/s1. The molecule has 5 aromatic rings. The first-order valence-electron chi connectivity index (χ1n) is 20.5. The number of aliphatic imine (C=N–C) groups is 2. The van der Waals surface area contributed by atoms with Crippen molar-refractivity contribution in [3.05, 3.63) is 143 Å². The highest BCUT2D eigenvalue weighted by molar-refractivity contribution is 6.05. The van der Waals surface area contributed by atoms with Gasteiger partial charge in [0.05, 0.1) is 63.0 Å². The lowest BCUT2D eigenvalue weighted by molar-refractivity contribution is 0.0744. The predicted molar refractivity (Wildman–Crippen MR) is 238 cm³/mol. The van der Waals surface area contributed by atoms with E-state index in [1.807, 2.05) is 95.0 Å². The lowest BCUT2D eigenvalue weighted by Gasteiger charge is -2.31. The molecule has 12 nitrogen and oxygen atoms in total. The van der Waals surface area contributed by atoms with Gasteiger partial charge in [-0.15, -0.1) is 0 Å². The van der Waals surface area contributed by atoms with E-state index >= 15 is 0 Å². The Morgan fingerprint density at radius 2 is 0.968 bits per heavy atom. The second-order valence-electron chi connectivity index (χ2n) is 15.3. The van der Waals surface area contributed by atoms with Crippen LogP contribution in [0.3, 0.4) is 0 Å². The molecule has 12 heteroatoms. The van der Waals surface area contributed by atoms with Crippen LogP contribution in [0.2, 0.25) is 0 Å². The van der Waals surface area contributed by atoms with Crippen molar-refractivity contribution in [2.45, 2.75) is 38.1 Å². The van der Waals surface area contributed by atoms with Gasteiger partial charge in [-0.2, -0.15) is 0 Å². The maximum absolute atomic E-state index is 13.9. The number of methoxy groups -OCH3 is 4. The van der Waals surface area contributed by atoms with Gasteiger partial charge in [-0.1, -0.05) is 54.6 Å². The molecule has 9 rings (SSSR count). The molecule has 0 aliphatic carbocycles. The first-order valence-corrected chi connectivity index (χ1v) is 20.5. The van der Waals surface area contributed by atoms with E-state index in [1.165, 1.54) is 0 Å². The van der Waals surface area contributed by atoms with E-state index in [9.17, 15) is 9.59 Å². The molecule has 4 aliphatic rings. The molecule has 0 bridgehead atoms. The number of carbonyl (C=O) groups excluding carboxylic acids is 2.